The maximum absolute atomic E-state index is 13.0. The summed E-state index contributed by atoms with van der Waals surface area (Å²) in [6, 6.07) is 1.84. The van der Waals surface area contributed by atoms with Gasteiger partial charge in [-0.2, -0.15) is 4.98 Å². The summed E-state index contributed by atoms with van der Waals surface area (Å²) < 4.78 is 11.0. The van der Waals surface area contributed by atoms with Crippen LogP contribution in [0.25, 0.3) is 0 Å². The van der Waals surface area contributed by atoms with Gasteiger partial charge in [0, 0.05) is 19.0 Å². The summed E-state index contributed by atoms with van der Waals surface area (Å²) in [6.45, 7) is 5.52. The standard InChI is InChI=1S/C18H23N3O3S/c1-11(2)15-19-17(24-20-15)18-7-4-5-12(18)9-21(10-18)16(22)14-13(23-3)6-8-25-14/h6,8,11-12H,4-5,7,9-10H2,1-3H3/t12-,18-/m1/s1. The number of hydrogen-bond acceptors (Lipinski definition) is 6. The Labute approximate surface area is 151 Å². The summed E-state index contributed by atoms with van der Waals surface area (Å²) in [5, 5.41) is 6.05. The first-order chi connectivity index (χ1) is 12.0. The Kier molecular flexibility index (Phi) is 4.06. The number of carbonyl (C=O) groups is 1. The summed E-state index contributed by atoms with van der Waals surface area (Å²) in [5.41, 5.74) is -0.180. The fourth-order valence-corrected chi connectivity index (χ4v) is 5.05. The zero-order chi connectivity index (χ0) is 17.6. The number of aromatic nitrogens is 2. The van der Waals surface area contributed by atoms with Crippen molar-refractivity contribution in [2.75, 3.05) is 20.2 Å². The molecule has 2 atom stereocenters. The van der Waals surface area contributed by atoms with E-state index < -0.39 is 0 Å². The number of rotatable bonds is 4. The van der Waals surface area contributed by atoms with Gasteiger partial charge in [0.15, 0.2) is 5.82 Å². The van der Waals surface area contributed by atoms with E-state index in [0.717, 1.165) is 31.6 Å². The first-order valence-corrected chi connectivity index (χ1v) is 9.68. The Morgan fingerprint density at radius 1 is 1.52 bits per heavy atom. The van der Waals surface area contributed by atoms with Gasteiger partial charge in [-0.3, -0.25) is 4.79 Å². The van der Waals surface area contributed by atoms with E-state index in [-0.39, 0.29) is 17.2 Å². The highest BCUT2D eigenvalue weighted by Crippen LogP contribution is 2.50. The molecule has 25 heavy (non-hydrogen) atoms. The average Bonchev–Trinajstić information content (AvgIpc) is 3.34. The number of nitrogens with zero attached hydrogens (tertiary/aromatic N) is 3. The van der Waals surface area contributed by atoms with Crippen LogP contribution in [0, 0.1) is 5.92 Å². The van der Waals surface area contributed by atoms with Crippen LogP contribution in [0.2, 0.25) is 0 Å². The van der Waals surface area contributed by atoms with Crippen LogP contribution < -0.4 is 4.74 Å². The fourth-order valence-electron chi connectivity index (χ4n) is 4.22. The zero-order valence-corrected chi connectivity index (χ0v) is 15.6. The second-order valence-corrected chi connectivity index (χ2v) is 8.28. The third kappa shape index (κ3) is 2.56. The molecule has 2 aromatic heterocycles. The molecule has 1 aliphatic carbocycles. The van der Waals surface area contributed by atoms with Gasteiger partial charge < -0.3 is 14.2 Å². The average molecular weight is 361 g/mol. The normalized spacial score (nSPS) is 25.6. The maximum Gasteiger partial charge on any atom is 0.267 e. The molecule has 0 N–H and O–H groups in total. The molecule has 1 aliphatic heterocycles. The highest BCUT2D eigenvalue weighted by Gasteiger charge is 2.55. The topological polar surface area (TPSA) is 68.5 Å². The van der Waals surface area contributed by atoms with E-state index in [4.69, 9.17) is 9.26 Å². The van der Waals surface area contributed by atoms with Gasteiger partial charge in [0.2, 0.25) is 5.89 Å². The summed E-state index contributed by atoms with van der Waals surface area (Å²) >= 11 is 1.43. The molecule has 1 saturated carbocycles. The van der Waals surface area contributed by atoms with Crippen LogP contribution in [0.1, 0.15) is 60.4 Å². The van der Waals surface area contributed by atoms with Crippen LogP contribution >= 0.6 is 11.3 Å². The molecule has 2 fully saturated rings. The maximum atomic E-state index is 13.0. The summed E-state index contributed by atoms with van der Waals surface area (Å²) in [6.07, 6.45) is 3.25. The molecule has 134 valence electrons. The largest absolute Gasteiger partial charge is 0.495 e. The van der Waals surface area contributed by atoms with Gasteiger partial charge in [0.1, 0.15) is 10.6 Å². The van der Waals surface area contributed by atoms with Crippen molar-refractivity contribution in [1.29, 1.82) is 0 Å². The molecule has 0 bridgehead atoms. The van der Waals surface area contributed by atoms with Crippen molar-refractivity contribution in [3.05, 3.63) is 28.0 Å². The molecule has 1 amide bonds. The van der Waals surface area contributed by atoms with Crippen LogP contribution in [-0.2, 0) is 5.41 Å². The van der Waals surface area contributed by atoms with E-state index in [1.807, 2.05) is 16.3 Å². The fraction of sp³-hybridized carbons (Fsp3) is 0.611. The summed E-state index contributed by atoms with van der Waals surface area (Å²) in [5.74, 6) is 2.79. The molecule has 0 unspecified atom stereocenters. The quantitative estimate of drug-likeness (QED) is 0.834. The molecular formula is C18H23N3O3S. The number of methoxy groups -OCH3 is 1. The molecule has 0 aromatic carbocycles. The zero-order valence-electron chi connectivity index (χ0n) is 14.8. The first kappa shape index (κ1) is 16.6. The van der Waals surface area contributed by atoms with Crippen molar-refractivity contribution < 1.29 is 14.1 Å². The van der Waals surface area contributed by atoms with Crippen LogP contribution in [0.3, 0.4) is 0 Å². The smallest absolute Gasteiger partial charge is 0.267 e. The van der Waals surface area contributed by atoms with Crippen molar-refractivity contribution in [2.24, 2.45) is 5.92 Å². The third-order valence-corrected chi connectivity index (χ3v) is 6.47. The van der Waals surface area contributed by atoms with Crippen LogP contribution in [-0.4, -0.2) is 41.1 Å². The van der Waals surface area contributed by atoms with Crippen molar-refractivity contribution >= 4 is 17.2 Å². The Morgan fingerprint density at radius 3 is 3.08 bits per heavy atom. The molecule has 1 saturated heterocycles. The Balaban J connectivity index is 1.62. The number of likely N-dealkylation sites (tertiary alicyclic amines) is 1. The highest BCUT2D eigenvalue weighted by atomic mass is 32.1. The van der Waals surface area contributed by atoms with E-state index >= 15 is 0 Å². The van der Waals surface area contributed by atoms with Gasteiger partial charge in [-0.1, -0.05) is 25.4 Å². The lowest BCUT2D eigenvalue weighted by Crippen LogP contribution is -2.34. The molecule has 3 heterocycles. The first-order valence-electron chi connectivity index (χ1n) is 8.80. The van der Waals surface area contributed by atoms with Gasteiger partial charge in [-0.15, -0.1) is 11.3 Å². The molecule has 0 spiro atoms. The van der Waals surface area contributed by atoms with Crippen molar-refractivity contribution in [3.63, 3.8) is 0 Å². The number of fused-ring (bicyclic) bond motifs is 1. The highest BCUT2D eigenvalue weighted by molar-refractivity contribution is 7.12. The number of ether oxygens (including phenoxy) is 1. The molecule has 2 aromatic rings. The third-order valence-electron chi connectivity index (χ3n) is 5.59. The van der Waals surface area contributed by atoms with Gasteiger partial charge in [-0.05, 0) is 30.2 Å². The van der Waals surface area contributed by atoms with Gasteiger partial charge in [-0.25, -0.2) is 0 Å². The summed E-state index contributed by atoms with van der Waals surface area (Å²) in [7, 11) is 1.60. The Bertz CT molecular complexity index is 784. The predicted molar refractivity (Wildman–Crippen MR) is 94.2 cm³/mol. The second-order valence-electron chi connectivity index (χ2n) is 7.36. The monoisotopic (exact) mass is 361 g/mol. The molecular weight excluding hydrogens is 338 g/mol. The van der Waals surface area contributed by atoms with Gasteiger partial charge in [0.05, 0.1) is 12.5 Å². The molecule has 7 heteroatoms. The van der Waals surface area contributed by atoms with Crippen molar-refractivity contribution in [3.8, 4) is 5.75 Å². The molecule has 0 radical (unpaired) electrons. The SMILES string of the molecule is COc1ccsc1C(=O)N1C[C@H]2CCC[C@@]2(c2nc(C(C)C)no2)C1. The van der Waals surface area contributed by atoms with Crippen molar-refractivity contribution in [1.82, 2.24) is 15.0 Å². The second kappa shape index (κ2) is 6.12. The predicted octanol–water partition coefficient (Wildman–Crippen LogP) is 3.46. The lowest BCUT2D eigenvalue weighted by molar-refractivity contribution is 0.0777. The van der Waals surface area contributed by atoms with E-state index in [1.165, 1.54) is 11.3 Å². The van der Waals surface area contributed by atoms with Gasteiger partial charge in [0.25, 0.3) is 5.91 Å². The van der Waals surface area contributed by atoms with E-state index in [2.05, 4.69) is 24.0 Å². The molecule has 2 aliphatic rings. The van der Waals surface area contributed by atoms with Gasteiger partial charge >= 0.3 is 0 Å². The van der Waals surface area contributed by atoms with E-state index in [1.54, 1.807) is 7.11 Å². The Morgan fingerprint density at radius 2 is 2.36 bits per heavy atom. The number of carbonyl (C=O) groups excluding carboxylic acids is 1. The van der Waals surface area contributed by atoms with Crippen LogP contribution in [0.4, 0.5) is 0 Å². The minimum absolute atomic E-state index is 0.0456. The number of hydrogen-bond donors (Lipinski definition) is 0. The van der Waals surface area contributed by atoms with Crippen LogP contribution in [0.5, 0.6) is 5.75 Å². The number of thiophene rings is 1. The van der Waals surface area contributed by atoms with E-state index in [9.17, 15) is 4.79 Å². The van der Waals surface area contributed by atoms with Crippen molar-refractivity contribution in [2.45, 2.75) is 44.4 Å². The minimum Gasteiger partial charge on any atom is -0.495 e. The van der Waals surface area contributed by atoms with E-state index in [0.29, 0.717) is 29.0 Å². The molecule has 6 nitrogen and oxygen atoms in total. The Hall–Kier alpha value is -1.89. The lowest BCUT2D eigenvalue weighted by atomic mass is 9.80. The lowest BCUT2D eigenvalue weighted by Gasteiger charge is -2.24. The number of amides is 1. The summed E-state index contributed by atoms with van der Waals surface area (Å²) in [4.78, 5) is 20.3. The minimum atomic E-state index is -0.180. The van der Waals surface area contributed by atoms with Crippen LogP contribution in [0.15, 0.2) is 16.0 Å². The molecule has 4 rings (SSSR count).